The molecular weight excluding hydrogens is 412 g/mol. The van der Waals surface area contributed by atoms with E-state index in [0.717, 1.165) is 12.5 Å². The number of carbonyl (C=O) groups is 3. The largest absolute Gasteiger partial charge is 0.508 e. The third-order valence-electron chi connectivity index (χ3n) is 6.75. The molecule has 4 rings (SSSR count). The molecule has 3 aliphatic carbocycles. The number of Topliss-reactive ketones (excluding diaryl/α,β-unsaturated/α-hetero) is 3. The second kappa shape index (κ2) is 7.45. The van der Waals surface area contributed by atoms with Crippen LogP contribution in [0.5, 0.6) is 5.75 Å². The minimum atomic E-state index is -2.46. The quantitative estimate of drug-likeness (QED) is 0.533. The molecule has 4 N–H and O–H groups in total. The van der Waals surface area contributed by atoms with Crippen LogP contribution < -0.4 is 0 Å². The minimum absolute atomic E-state index is 0.0969. The van der Waals surface area contributed by atoms with Crippen LogP contribution >= 0.6 is 0 Å². The molecule has 3 aliphatic rings. The lowest BCUT2D eigenvalue weighted by Gasteiger charge is -2.46. The molecule has 7 heteroatoms. The van der Waals surface area contributed by atoms with Crippen LogP contribution in [0.15, 0.2) is 35.1 Å². The second-order valence-electron chi connectivity index (χ2n) is 9.23. The molecule has 1 fully saturated rings. The second-order valence-corrected chi connectivity index (χ2v) is 9.23. The molecular formula is C25H26O7. The van der Waals surface area contributed by atoms with E-state index in [9.17, 15) is 34.8 Å². The van der Waals surface area contributed by atoms with Gasteiger partial charge in [0.2, 0.25) is 5.78 Å². The lowest BCUT2D eigenvalue weighted by atomic mass is 9.59. The first-order valence-electron chi connectivity index (χ1n) is 10.7. The Kier molecular flexibility index (Phi) is 5.12. The molecule has 1 aromatic carbocycles. The van der Waals surface area contributed by atoms with E-state index in [0.29, 0.717) is 12.0 Å². The van der Waals surface area contributed by atoms with Gasteiger partial charge in [-0.25, -0.2) is 0 Å². The number of phenolic OH excluding ortho intramolecular Hbond substituents is 1. The van der Waals surface area contributed by atoms with Crippen molar-refractivity contribution in [2.45, 2.75) is 45.6 Å². The van der Waals surface area contributed by atoms with Gasteiger partial charge in [0.15, 0.2) is 17.2 Å². The van der Waals surface area contributed by atoms with Crippen LogP contribution in [0.25, 0.3) is 11.8 Å². The molecule has 1 saturated carbocycles. The van der Waals surface area contributed by atoms with Crippen LogP contribution in [0.3, 0.4) is 0 Å². The summed E-state index contributed by atoms with van der Waals surface area (Å²) >= 11 is 0. The molecule has 0 unspecified atom stereocenters. The van der Waals surface area contributed by atoms with Crippen LogP contribution in [-0.2, 0) is 20.8 Å². The number of aliphatic hydroxyl groups excluding tert-OH is 2. The number of hydrogen-bond acceptors (Lipinski definition) is 7. The minimum Gasteiger partial charge on any atom is -0.508 e. The average Bonchev–Trinajstić information content (AvgIpc) is 2.69. The van der Waals surface area contributed by atoms with Gasteiger partial charge in [0.05, 0.1) is 5.56 Å². The maximum absolute atomic E-state index is 13.5. The van der Waals surface area contributed by atoms with Crippen LogP contribution in [0, 0.1) is 17.8 Å². The van der Waals surface area contributed by atoms with Gasteiger partial charge < -0.3 is 20.4 Å². The van der Waals surface area contributed by atoms with E-state index >= 15 is 0 Å². The number of phenols is 1. The van der Waals surface area contributed by atoms with Crippen molar-refractivity contribution < 1.29 is 34.8 Å². The summed E-state index contributed by atoms with van der Waals surface area (Å²) in [5, 5.41) is 43.4. The third-order valence-corrected chi connectivity index (χ3v) is 6.75. The van der Waals surface area contributed by atoms with Crippen molar-refractivity contribution in [3.63, 3.8) is 0 Å². The van der Waals surface area contributed by atoms with E-state index in [1.807, 2.05) is 26.0 Å². The number of rotatable bonds is 3. The molecule has 168 valence electrons. The van der Waals surface area contributed by atoms with Crippen molar-refractivity contribution in [1.29, 1.82) is 0 Å². The Morgan fingerprint density at radius 3 is 2.47 bits per heavy atom. The molecule has 7 nitrogen and oxygen atoms in total. The molecule has 32 heavy (non-hydrogen) atoms. The number of carbonyl (C=O) groups excluding carboxylic acids is 3. The molecule has 1 aromatic rings. The summed E-state index contributed by atoms with van der Waals surface area (Å²) in [6, 6.07) is 3.18. The van der Waals surface area contributed by atoms with Crippen molar-refractivity contribution >= 4 is 29.2 Å². The van der Waals surface area contributed by atoms with Crippen LogP contribution in [-0.4, -0.2) is 43.4 Å². The number of benzene rings is 1. The molecule has 0 spiro atoms. The molecule has 0 radical (unpaired) electrons. The fourth-order valence-corrected chi connectivity index (χ4v) is 5.21. The lowest BCUT2D eigenvalue weighted by Crippen LogP contribution is -2.57. The van der Waals surface area contributed by atoms with Gasteiger partial charge in [0, 0.05) is 17.9 Å². The van der Waals surface area contributed by atoms with E-state index in [1.165, 1.54) is 6.07 Å². The zero-order chi connectivity index (χ0) is 23.5. The van der Waals surface area contributed by atoms with Crippen molar-refractivity contribution in [2.75, 3.05) is 0 Å². The monoisotopic (exact) mass is 438 g/mol. The Bertz CT molecular complexity index is 1150. The van der Waals surface area contributed by atoms with Crippen molar-refractivity contribution in [2.24, 2.45) is 17.8 Å². The molecule has 0 amide bonds. The zero-order valence-corrected chi connectivity index (χ0v) is 18.2. The fraction of sp³-hybridized carbons (Fsp3) is 0.400. The zero-order valence-electron chi connectivity index (χ0n) is 18.2. The van der Waals surface area contributed by atoms with Gasteiger partial charge in [-0.2, -0.15) is 0 Å². The van der Waals surface area contributed by atoms with Crippen molar-refractivity contribution in [1.82, 2.24) is 0 Å². The van der Waals surface area contributed by atoms with Gasteiger partial charge in [-0.3, -0.25) is 14.4 Å². The SMILES string of the molecule is CC(=O)C1=C(O)[C@@]2(O)C(=O)C3=C(O)c4c(O)ccc(/C=C/C(C)C)c4C[C@@H]3C[C@@H]2CC1=O. The Labute approximate surface area is 185 Å². The molecule has 0 bridgehead atoms. The first kappa shape index (κ1) is 22.0. The van der Waals surface area contributed by atoms with Gasteiger partial charge in [0.25, 0.3) is 0 Å². The molecule has 0 heterocycles. The van der Waals surface area contributed by atoms with Crippen LogP contribution in [0.4, 0.5) is 0 Å². The smallest absolute Gasteiger partial charge is 0.202 e. The Morgan fingerprint density at radius 1 is 1.16 bits per heavy atom. The lowest BCUT2D eigenvalue weighted by molar-refractivity contribution is -0.147. The van der Waals surface area contributed by atoms with Gasteiger partial charge in [0.1, 0.15) is 22.8 Å². The Morgan fingerprint density at radius 2 is 1.84 bits per heavy atom. The highest BCUT2D eigenvalue weighted by molar-refractivity contribution is 6.23. The summed E-state index contributed by atoms with van der Waals surface area (Å²) in [5.74, 6) is -5.01. The summed E-state index contributed by atoms with van der Waals surface area (Å²) in [5.41, 5.74) is -1.53. The van der Waals surface area contributed by atoms with Crippen molar-refractivity contribution in [3.8, 4) is 5.75 Å². The highest BCUT2D eigenvalue weighted by Crippen LogP contribution is 2.52. The summed E-state index contributed by atoms with van der Waals surface area (Å²) in [7, 11) is 0. The van der Waals surface area contributed by atoms with Gasteiger partial charge in [-0.1, -0.05) is 32.1 Å². The number of ketones is 3. The summed E-state index contributed by atoms with van der Waals surface area (Å²) in [6.45, 7) is 5.13. The van der Waals surface area contributed by atoms with E-state index in [1.54, 1.807) is 6.07 Å². The normalized spacial score (nSPS) is 27.7. The van der Waals surface area contributed by atoms with Crippen LogP contribution in [0.2, 0.25) is 0 Å². The standard InChI is InChI=1S/C25H26O7/c1-11(2)4-5-13-6-7-17(27)21-16(13)9-14-8-15-10-18(28)19(12(3)26)23(30)25(15,32)24(31)20(14)22(21)29/h4-7,11,14-15,27,29-30,32H,8-10H2,1-3H3/b5-4+/t14-,15+,25+/m0/s1. The van der Waals surface area contributed by atoms with Crippen molar-refractivity contribution in [3.05, 3.63) is 51.8 Å². The highest BCUT2D eigenvalue weighted by atomic mass is 16.3. The van der Waals surface area contributed by atoms with E-state index in [2.05, 4.69) is 0 Å². The third kappa shape index (κ3) is 3.03. The molecule has 0 aliphatic heterocycles. The predicted octanol–water partition coefficient (Wildman–Crippen LogP) is 3.20. The first-order chi connectivity index (χ1) is 15.0. The van der Waals surface area contributed by atoms with E-state index in [4.69, 9.17) is 0 Å². The molecule has 0 saturated heterocycles. The predicted molar refractivity (Wildman–Crippen MR) is 117 cm³/mol. The van der Waals surface area contributed by atoms with Gasteiger partial charge in [-0.15, -0.1) is 0 Å². The first-order valence-corrected chi connectivity index (χ1v) is 10.7. The number of hydrogen-bond donors (Lipinski definition) is 4. The molecule has 0 aromatic heterocycles. The molecule has 3 atom stereocenters. The maximum atomic E-state index is 13.5. The summed E-state index contributed by atoms with van der Waals surface area (Å²) < 4.78 is 0. The number of allylic oxidation sites excluding steroid dienone is 2. The Balaban J connectivity index is 1.91. The van der Waals surface area contributed by atoms with Gasteiger partial charge in [-0.05, 0) is 48.8 Å². The number of aliphatic hydroxyl groups is 3. The van der Waals surface area contributed by atoms with Gasteiger partial charge >= 0.3 is 0 Å². The maximum Gasteiger partial charge on any atom is 0.202 e. The number of aromatic hydroxyl groups is 1. The average molecular weight is 438 g/mol. The van der Waals surface area contributed by atoms with E-state index in [-0.39, 0.29) is 35.6 Å². The Hall–Kier alpha value is -3.19. The van der Waals surface area contributed by atoms with E-state index < -0.39 is 51.9 Å². The number of fused-ring (bicyclic) bond motifs is 3. The summed E-state index contributed by atoms with van der Waals surface area (Å²) in [6.07, 6.45) is 4.11. The topological polar surface area (TPSA) is 132 Å². The highest BCUT2D eigenvalue weighted by Gasteiger charge is 2.60. The van der Waals surface area contributed by atoms with Crippen LogP contribution in [0.1, 0.15) is 50.3 Å². The fourth-order valence-electron chi connectivity index (χ4n) is 5.21. The summed E-state index contributed by atoms with van der Waals surface area (Å²) in [4.78, 5) is 37.8.